The maximum Gasteiger partial charge on any atom is 0.0509 e. The van der Waals surface area contributed by atoms with Crippen LogP contribution in [0.1, 0.15) is 39.0 Å². The molecule has 0 bridgehead atoms. The third-order valence-corrected chi connectivity index (χ3v) is 3.63. The van der Waals surface area contributed by atoms with Crippen molar-refractivity contribution in [2.45, 2.75) is 45.1 Å². The summed E-state index contributed by atoms with van der Waals surface area (Å²) in [5, 5.41) is 3.70. The summed E-state index contributed by atoms with van der Waals surface area (Å²) < 4.78 is 5.44. The molecule has 2 atom stereocenters. The number of hydrogen-bond acceptors (Lipinski definition) is 2. The second kappa shape index (κ2) is 5.13. The van der Waals surface area contributed by atoms with Crippen LogP contribution in [0.15, 0.2) is 0 Å². The minimum absolute atomic E-state index is 0.705. The SMILES string of the molecule is CCC(NCCC1CC1)C1CCOC1. The molecule has 2 rings (SSSR count). The van der Waals surface area contributed by atoms with Crippen molar-refractivity contribution in [2.24, 2.45) is 11.8 Å². The Balaban J connectivity index is 1.63. The van der Waals surface area contributed by atoms with Crippen molar-refractivity contribution in [1.82, 2.24) is 5.32 Å². The average molecular weight is 197 g/mol. The first kappa shape index (κ1) is 10.4. The van der Waals surface area contributed by atoms with Gasteiger partial charge in [0.05, 0.1) is 6.61 Å². The van der Waals surface area contributed by atoms with Gasteiger partial charge in [0.25, 0.3) is 0 Å². The van der Waals surface area contributed by atoms with E-state index in [2.05, 4.69) is 12.2 Å². The quantitative estimate of drug-likeness (QED) is 0.705. The summed E-state index contributed by atoms with van der Waals surface area (Å²) in [5.41, 5.74) is 0. The van der Waals surface area contributed by atoms with Gasteiger partial charge in [0.2, 0.25) is 0 Å². The molecule has 14 heavy (non-hydrogen) atoms. The highest BCUT2D eigenvalue weighted by atomic mass is 16.5. The Bertz CT molecular complexity index is 162. The summed E-state index contributed by atoms with van der Waals surface area (Å²) in [6.07, 6.45) is 6.85. The van der Waals surface area contributed by atoms with Crippen molar-refractivity contribution < 1.29 is 4.74 Å². The lowest BCUT2D eigenvalue weighted by atomic mass is 9.97. The standard InChI is InChI=1S/C12H23NO/c1-2-12(11-6-8-14-9-11)13-7-5-10-3-4-10/h10-13H,2-9H2,1H3. The Labute approximate surface area is 87.4 Å². The van der Waals surface area contributed by atoms with Crippen LogP contribution in [-0.2, 0) is 4.74 Å². The summed E-state index contributed by atoms with van der Waals surface area (Å²) in [5.74, 6) is 1.83. The summed E-state index contributed by atoms with van der Waals surface area (Å²) in [6.45, 7) is 5.47. The van der Waals surface area contributed by atoms with Crippen molar-refractivity contribution in [2.75, 3.05) is 19.8 Å². The van der Waals surface area contributed by atoms with Crippen LogP contribution in [-0.4, -0.2) is 25.8 Å². The van der Waals surface area contributed by atoms with Gasteiger partial charge in [0.1, 0.15) is 0 Å². The van der Waals surface area contributed by atoms with Crippen molar-refractivity contribution in [1.29, 1.82) is 0 Å². The molecular weight excluding hydrogens is 174 g/mol. The van der Waals surface area contributed by atoms with Gasteiger partial charge < -0.3 is 10.1 Å². The molecule has 0 aromatic carbocycles. The molecule has 1 heterocycles. The maximum absolute atomic E-state index is 5.44. The highest BCUT2D eigenvalue weighted by Gasteiger charge is 2.25. The van der Waals surface area contributed by atoms with E-state index in [-0.39, 0.29) is 0 Å². The van der Waals surface area contributed by atoms with Crippen molar-refractivity contribution in [3.05, 3.63) is 0 Å². The van der Waals surface area contributed by atoms with E-state index in [4.69, 9.17) is 4.74 Å². The zero-order valence-corrected chi connectivity index (χ0v) is 9.30. The van der Waals surface area contributed by atoms with Gasteiger partial charge in [-0.25, -0.2) is 0 Å². The topological polar surface area (TPSA) is 21.3 Å². The van der Waals surface area contributed by atoms with Crippen LogP contribution in [0.25, 0.3) is 0 Å². The van der Waals surface area contributed by atoms with Crippen LogP contribution in [0.3, 0.4) is 0 Å². The van der Waals surface area contributed by atoms with Gasteiger partial charge in [0.15, 0.2) is 0 Å². The van der Waals surface area contributed by atoms with E-state index in [1.807, 2.05) is 0 Å². The molecule has 0 spiro atoms. The minimum atomic E-state index is 0.705. The van der Waals surface area contributed by atoms with Crippen molar-refractivity contribution >= 4 is 0 Å². The molecule has 1 saturated heterocycles. The molecule has 1 aliphatic heterocycles. The molecule has 0 radical (unpaired) electrons. The fourth-order valence-corrected chi connectivity index (χ4v) is 2.39. The molecule has 1 N–H and O–H groups in total. The molecule has 2 nitrogen and oxygen atoms in total. The van der Waals surface area contributed by atoms with Crippen molar-refractivity contribution in [3.63, 3.8) is 0 Å². The Morgan fingerprint density at radius 3 is 2.79 bits per heavy atom. The van der Waals surface area contributed by atoms with Gasteiger partial charge in [-0.2, -0.15) is 0 Å². The van der Waals surface area contributed by atoms with Gasteiger partial charge in [-0.1, -0.05) is 19.8 Å². The lowest BCUT2D eigenvalue weighted by Crippen LogP contribution is -2.36. The van der Waals surface area contributed by atoms with Gasteiger partial charge in [-0.05, 0) is 37.6 Å². The van der Waals surface area contributed by atoms with E-state index in [0.29, 0.717) is 6.04 Å². The van der Waals surface area contributed by atoms with Crippen LogP contribution in [0.4, 0.5) is 0 Å². The fraction of sp³-hybridized carbons (Fsp3) is 1.00. The molecule has 82 valence electrons. The van der Waals surface area contributed by atoms with E-state index < -0.39 is 0 Å². The predicted molar refractivity (Wildman–Crippen MR) is 58.3 cm³/mol. The van der Waals surface area contributed by atoms with Gasteiger partial charge >= 0.3 is 0 Å². The molecule has 2 unspecified atom stereocenters. The molecule has 1 saturated carbocycles. The molecule has 2 aliphatic rings. The van der Waals surface area contributed by atoms with E-state index in [1.54, 1.807) is 0 Å². The lowest BCUT2D eigenvalue weighted by molar-refractivity contribution is 0.175. The van der Waals surface area contributed by atoms with Crippen LogP contribution in [0.2, 0.25) is 0 Å². The smallest absolute Gasteiger partial charge is 0.0509 e. The number of ether oxygens (including phenoxy) is 1. The second-order valence-corrected chi connectivity index (χ2v) is 4.82. The third kappa shape index (κ3) is 2.96. The zero-order valence-electron chi connectivity index (χ0n) is 9.30. The minimum Gasteiger partial charge on any atom is -0.381 e. The van der Waals surface area contributed by atoms with Gasteiger partial charge in [0, 0.05) is 12.6 Å². The highest BCUT2D eigenvalue weighted by molar-refractivity contribution is 4.80. The largest absolute Gasteiger partial charge is 0.381 e. The molecule has 0 aromatic rings. The Morgan fingerprint density at radius 1 is 1.36 bits per heavy atom. The third-order valence-electron chi connectivity index (χ3n) is 3.63. The Kier molecular flexibility index (Phi) is 3.82. The molecule has 2 heteroatoms. The van der Waals surface area contributed by atoms with E-state index in [9.17, 15) is 0 Å². The van der Waals surface area contributed by atoms with Gasteiger partial charge in [-0.3, -0.25) is 0 Å². The molecule has 0 aromatic heterocycles. The van der Waals surface area contributed by atoms with Crippen LogP contribution in [0, 0.1) is 11.8 Å². The molecule has 1 aliphatic carbocycles. The maximum atomic E-state index is 5.44. The molecule has 0 amide bonds. The Hall–Kier alpha value is -0.0800. The molecular formula is C12H23NO. The van der Waals surface area contributed by atoms with Gasteiger partial charge in [-0.15, -0.1) is 0 Å². The highest BCUT2D eigenvalue weighted by Crippen LogP contribution is 2.31. The van der Waals surface area contributed by atoms with E-state index in [0.717, 1.165) is 25.0 Å². The summed E-state index contributed by atoms with van der Waals surface area (Å²) in [7, 11) is 0. The fourth-order valence-electron chi connectivity index (χ4n) is 2.39. The van der Waals surface area contributed by atoms with Crippen molar-refractivity contribution in [3.8, 4) is 0 Å². The van der Waals surface area contributed by atoms with Crippen LogP contribution < -0.4 is 5.32 Å². The first-order valence-electron chi connectivity index (χ1n) is 6.21. The number of rotatable bonds is 6. The van der Waals surface area contributed by atoms with Crippen LogP contribution in [0.5, 0.6) is 0 Å². The summed E-state index contributed by atoms with van der Waals surface area (Å²) in [4.78, 5) is 0. The van der Waals surface area contributed by atoms with E-state index in [1.165, 1.54) is 38.6 Å². The summed E-state index contributed by atoms with van der Waals surface area (Å²) in [6, 6.07) is 0.705. The predicted octanol–water partition coefficient (Wildman–Crippen LogP) is 2.19. The first-order valence-corrected chi connectivity index (χ1v) is 6.21. The lowest BCUT2D eigenvalue weighted by Gasteiger charge is -2.22. The van der Waals surface area contributed by atoms with Crippen LogP contribution >= 0.6 is 0 Å². The number of nitrogens with one attached hydrogen (secondary N) is 1. The second-order valence-electron chi connectivity index (χ2n) is 4.82. The monoisotopic (exact) mass is 197 g/mol. The normalized spacial score (nSPS) is 29.4. The number of hydrogen-bond donors (Lipinski definition) is 1. The summed E-state index contributed by atoms with van der Waals surface area (Å²) >= 11 is 0. The zero-order chi connectivity index (χ0) is 9.80. The van der Waals surface area contributed by atoms with E-state index >= 15 is 0 Å². The molecule has 2 fully saturated rings. The first-order chi connectivity index (χ1) is 6.90. The Morgan fingerprint density at radius 2 is 2.21 bits per heavy atom. The average Bonchev–Trinajstić information content (AvgIpc) is 2.86.